The molecule has 1 saturated carbocycles. The smallest absolute Gasteiger partial charge is 0.251 e. The van der Waals surface area contributed by atoms with Crippen LogP contribution < -0.4 is 10.1 Å². The van der Waals surface area contributed by atoms with E-state index in [0.717, 1.165) is 31.4 Å². The number of rotatable bonds is 6. The van der Waals surface area contributed by atoms with Gasteiger partial charge in [0.15, 0.2) is 0 Å². The van der Waals surface area contributed by atoms with Gasteiger partial charge in [-0.15, -0.1) is 11.6 Å². The molecular weight excluding hydrogens is 274 g/mol. The van der Waals surface area contributed by atoms with Gasteiger partial charge in [-0.1, -0.05) is 13.0 Å². The van der Waals surface area contributed by atoms with Gasteiger partial charge in [-0.2, -0.15) is 0 Å². The van der Waals surface area contributed by atoms with Crippen LogP contribution in [0.15, 0.2) is 24.3 Å². The first-order chi connectivity index (χ1) is 9.69. The van der Waals surface area contributed by atoms with Gasteiger partial charge >= 0.3 is 0 Å². The first-order valence-corrected chi connectivity index (χ1v) is 7.77. The predicted molar refractivity (Wildman–Crippen MR) is 81.5 cm³/mol. The zero-order chi connectivity index (χ0) is 14.4. The fraction of sp³-hybridized carbons (Fsp3) is 0.562. The topological polar surface area (TPSA) is 38.3 Å². The Balaban J connectivity index is 1.85. The van der Waals surface area contributed by atoms with Crippen LogP contribution in [0.25, 0.3) is 0 Å². The molecule has 0 aromatic heterocycles. The minimum Gasteiger partial charge on any atom is -0.494 e. The number of halogens is 1. The molecule has 1 aliphatic rings. The van der Waals surface area contributed by atoms with E-state index in [9.17, 15) is 4.79 Å². The Kier molecular flexibility index (Phi) is 5.72. The van der Waals surface area contributed by atoms with Gasteiger partial charge in [0.25, 0.3) is 5.91 Å². The molecule has 0 heterocycles. The third-order valence-corrected chi connectivity index (χ3v) is 3.99. The van der Waals surface area contributed by atoms with Gasteiger partial charge in [-0.05, 0) is 49.8 Å². The molecule has 3 nitrogen and oxygen atoms in total. The molecule has 0 radical (unpaired) electrons. The van der Waals surface area contributed by atoms with E-state index in [0.29, 0.717) is 24.6 Å². The average Bonchev–Trinajstić information content (AvgIpc) is 2.88. The summed E-state index contributed by atoms with van der Waals surface area (Å²) in [5.74, 6) is 1.23. The molecular formula is C16H22ClNO2. The Bertz CT molecular complexity index is 450. The summed E-state index contributed by atoms with van der Waals surface area (Å²) in [4.78, 5) is 12.1. The van der Waals surface area contributed by atoms with Crippen molar-refractivity contribution in [1.82, 2.24) is 5.32 Å². The second-order valence-electron chi connectivity index (χ2n) is 5.36. The van der Waals surface area contributed by atoms with Gasteiger partial charge in [0.1, 0.15) is 5.75 Å². The molecule has 1 N–H and O–H groups in total. The minimum atomic E-state index is -0.0371. The number of hydrogen-bond acceptors (Lipinski definition) is 2. The third kappa shape index (κ3) is 4.41. The molecule has 1 aliphatic carbocycles. The molecule has 0 aliphatic heterocycles. The molecule has 0 spiro atoms. The van der Waals surface area contributed by atoms with Crippen LogP contribution in [-0.4, -0.2) is 24.4 Å². The Labute approximate surface area is 125 Å². The number of benzene rings is 1. The predicted octanol–water partition coefficient (Wildman–Crippen LogP) is 3.61. The summed E-state index contributed by atoms with van der Waals surface area (Å²) < 4.78 is 5.54. The maximum atomic E-state index is 12.1. The zero-order valence-corrected chi connectivity index (χ0v) is 12.7. The second kappa shape index (κ2) is 7.53. The van der Waals surface area contributed by atoms with E-state index < -0.39 is 0 Å². The first kappa shape index (κ1) is 15.2. The normalized spacial score (nSPS) is 21.7. The SMILES string of the molecule is CCCOc1cccc(C(=O)NCC2CCC(Cl)C2)c1. The van der Waals surface area contributed by atoms with Crippen molar-refractivity contribution in [2.75, 3.05) is 13.2 Å². The molecule has 0 saturated heterocycles. The maximum absolute atomic E-state index is 12.1. The monoisotopic (exact) mass is 295 g/mol. The van der Waals surface area contributed by atoms with E-state index in [2.05, 4.69) is 12.2 Å². The van der Waals surface area contributed by atoms with Crippen LogP contribution in [0.5, 0.6) is 5.75 Å². The number of carbonyl (C=O) groups excluding carboxylic acids is 1. The lowest BCUT2D eigenvalue weighted by atomic mass is 10.1. The van der Waals surface area contributed by atoms with E-state index in [-0.39, 0.29) is 11.3 Å². The van der Waals surface area contributed by atoms with Crippen molar-refractivity contribution < 1.29 is 9.53 Å². The molecule has 0 bridgehead atoms. The molecule has 4 heteroatoms. The van der Waals surface area contributed by atoms with E-state index in [1.807, 2.05) is 18.2 Å². The first-order valence-electron chi connectivity index (χ1n) is 7.34. The number of alkyl halides is 1. The van der Waals surface area contributed by atoms with E-state index in [1.165, 1.54) is 0 Å². The van der Waals surface area contributed by atoms with Crippen LogP contribution in [0.4, 0.5) is 0 Å². The molecule has 1 amide bonds. The van der Waals surface area contributed by atoms with Gasteiger partial charge in [-0.3, -0.25) is 4.79 Å². The summed E-state index contributed by atoms with van der Waals surface area (Å²) in [5.41, 5.74) is 0.652. The molecule has 1 fully saturated rings. The summed E-state index contributed by atoms with van der Waals surface area (Å²) in [7, 11) is 0. The van der Waals surface area contributed by atoms with Crippen LogP contribution in [-0.2, 0) is 0 Å². The minimum absolute atomic E-state index is 0.0371. The van der Waals surface area contributed by atoms with Crippen molar-refractivity contribution >= 4 is 17.5 Å². The second-order valence-corrected chi connectivity index (χ2v) is 5.98. The lowest BCUT2D eigenvalue weighted by Gasteiger charge is -2.11. The average molecular weight is 296 g/mol. The van der Waals surface area contributed by atoms with Gasteiger partial charge in [0.05, 0.1) is 6.61 Å². The van der Waals surface area contributed by atoms with Crippen molar-refractivity contribution in [1.29, 1.82) is 0 Å². The zero-order valence-electron chi connectivity index (χ0n) is 11.9. The molecule has 2 unspecified atom stereocenters. The summed E-state index contributed by atoms with van der Waals surface area (Å²) >= 11 is 6.08. The lowest BCUT2D eigenvalue weighted by Crippen LogP contribution is -2.28. The van der Waals surface area contributed by atoms with E-state index in [4.69, 9.17) is 16.3 Å². The fourth-order valence-electron chi connectivity index (χ4n) is 2.49. The molecule has 2 rings (SSSR count). The van der Waals surface area contributed by atoms with Crippen LogP contribution >= 0.6 is 11.6 Å². The number of amides is 1. The van der Waals surface area contributed by atoms with Gasteiger partial charge in [0.2, 0.25) is 0 Å². The van der Waals surface area contributed by atoms with Crippen LogP contribution in [0.2, 0.25) is 0 Å². The molecule has 1 aromatic rings. The summed E-state index contributed by atoms with van der Waals surface area (Å²) in [5, 5.41) is 3.27. The van der Waals surface area contributed by atoms with Gasteiger partial charge in [-0.25, -0.2) is 0 Å². The Hall–Kier alpha value is -1.22. The quantitative estimate of drug-likeness (QED) is 0.814. The molecule has 20 heavy (non-hydrogen) atoms. The molecule has 2 atom stereocenters. The van der Waals surface area contributed by atoms with Gasteiger partial charge in [0, 0.05) is 17.5 Å². The Morgan fingerprint density at radius 3 is 3.00 bits per heavy atom. The van der Waals surface area contributed by atoms with Crippen LogP contribution in [0, 0.1) is 5.92 Å². The Morgan fingerprint density at radius 1 is 1.45 bits per heavy atom. The van der Waals surface area contributed by atoms with Gasteiger partial charge < -0.3 is 10.1 Å². The Morgan fingerprint density at radius 2 is 2.30 bits per heavy atom. The molecule has 110 valence electrons. The third-order valence-electron chi connectivity index (χ3n) is 3.60. The van der Waals surface area contributed by atoms with Crippen molar-refractivity contribution in [2.45, 2.75) is 38.0 Å². The number of ether oxygens (including phenoxy) is 1. The highest BCUT2D eigenvalue weighted by Gasteiger charge is 2.23. The van der Waals surface area contributed by atoms with Crippen molar-refractivity contribution in [3.05, 3.63) is 29.8 Å². The van der Waals surface area contributed by atoms with Crippen molar-refractivity contribution in [3.63, 3.8) is 0 Å². The van der Waals surface area contributed by atoms with Crippen LogP contribution in [0.1, 0.15) is 43.0 Å². The molecule has 1 aromatic carbocycles. The number of carbonyl (C=O) groups is 1. The van der Waals surface area contributed by atoms with Crippen LogP contribution in [0.3, 0.4) is 0 Å². The summed E-state index contributed by atoms with van der Waals surface area (Å²) in [6, 6.07) is 7.34. The highest BCUT2D eigenvalue weighted by molar-refractivity contribution is 6.20. The largest absolute Gasteiger partial charge is 0.494 e. The summed E-state index contributed by atoms with van der Waals surface area (Å²) in [6.45, 7) is 3.44. The van der Waals surface area contributed by atoms with E-state index >= 15 is 0 Å². The number of hydrogen-bond donors (Lipinski definition) is 1. The highest BCUT2D eigenvalue weighted by Crippen LogP contribution is 2.28. The van der Waals surface area contributed by atoms with Crippen molar-refractivity contribution in [3.8, 4) is 5.75 Å². The maximum Gasteiger partial charge on any atom is 0.251 e. The standard InChI is InChI=1S/C16H22ClNO2/c1-2-8-20-15-5-3-4-13(10-15)16(19)18-11-12-6-7-14(17)9-12/h3-5,10,12,14H,2,6-9,11H2,1H3,(H,18,19). The lowest BCUT2D eigenvalue weighted by molar-refractivity contribution is 0.0947. The number of nitrogens with one attached hydrogen (secondary N) is 1. The highest BCUT2D eigenvalue weighted by atomic mass is 35.5. The van der Waals surface area contributed by atoms with E-state index in [1.54, 1.807) is 6.07 Å². The summed E-state index contributed by atoms with van der Waals surface area (Å²) in [6.07, 6.45) is 4.12. The fourth-order valence-corrected chi connectivity index (χ4v) is 2.86. The van der Waals surface area contributed by atoms with Crippen molar-refractivity contribution in [2.24, 2.45) is 5.92 Å².